The molecule has 0 spiro atoms. The number of carbonyl (C=O) groups excluding carboxylic acids is 2. The molecule has 0 saturated heterocycles. The number of ether oxygens (including phenoxy) is 3. The average molecular weight is 489 g/mol. The molecule has 2 atom stereocenters. The van der Waals surface area contributed by atoms with Crippen molar-refractivity contribution in [2.24, 2.45) is 5.92 Å². The number of amides is 2. The Morgan fingerprint density at radius 3 is 2.33 bits per heavy atom. The second kappa shape index (κ2) is 11.9. The third-order valence-corrected chi connectivity index (χ3v) is 5.55. The van der Waals surface area contributed by atoms with Crippen LogP contribution in [0, 0.1) is 17.2 Å². The first-order chi connectivity index (χ1) is 17.3. The maximum Gasteiger partial charge on any atom is 0.527 e. The van der Waals surface area contributed by atoms with Gasteiger partial charge in [0.25, 0.3) is 0 Å². The van der Waals surface area contributed by atoms with E-state index in [1.165, 1.54) is 6.07 Å². The minimum absolute atomic E-state index is 0.203. The Kier molecular flexibility index (Phi) is 8.66. The largest absolute Gasteiger partial charge is 0.527 e. The lowest BCUT2D eigenvalue weighted by molar-refractivity contribution is 0.147. The van der Waals surface area contributed by atoms with Crippen molar-refractivity contribution in [1.29, 1.82) is 5.26 Å². The van der Waals surface area contributed by atoms with E-state index in [1.807, 2.05) is 19.9 Å². The Morgan fingerprint density at radius 1 is 0.972 bits per heavy atom. The lowest BCUT2D eigenvalue weighted by atomic mass is 10.0. The van der Waals surface area contributed by atoms with Crippen LogP contribution >= 0.6 is 0 Å². The van der Waals surface area contributed by atoms with Crippen molar-refractivity contribution in [1.82, 2.24) is 4.48 Å². The molecule has 0 aliphatic heterocycles. The highest BCUT2D eigenvalue weighted by Crippen LogP contribution is 2.36. The summed E-state index contributed by atoms with van der Waals surface area (Å²) >= 11 is 0. The first-order valence-corrected chi connectivity index (χ1v) is 11.5. The number of anilines is 1. The summed E-state index contributed by atoms with van der Waals surface area (Å²) in [6, 6.07) is 23.8. The van der Waals surface area contributed by atoms with E-state index >= 15 is 0 Å². The summed E-state index contributed by atoms with van der Waals surface area (Å²) in [6.45, 7) is 4.16. The fourth-order valence-corrected chi connectivity index (χ4v) is 3.63. The van der Waals surface area contributed by atoms with Gasteiger partial charge in [0.2, 0.25) is 6.04 Å². The lowest BCUT2D eigenvalue weighted by Crippen LogP contribution is -2.54. The van der Waals surface area contributed by atoms with Gasteiger partial charge in [0.05, 0.1) is 20.8 Å². The van der Waals surface area contributed by atoms with E-state index in [-0.39, 0.29) is 18.3 Å². The number of carbonyl (C=O) groups is 2. The third-order valence-electron chi connectivity index (χ3n) is 5.55. The van der Waals surface area contributed by atoms with Gasteiger partial charge in [-0.2, -0.15) is 14.5 Å². The summed E-state index contributed by atoms with van der Waals surface area (Å²) in [5.74, 6) is 0.988. The predicted octanol–water partition coefficient (Wildman–Crippen LogP) is 6.30. The van der Waals surface area contributed by atoms with Gasteiger partial charge in [-0.25, -0.2) is 4.79 Å². The van der Waals surface area contributed by atoms with Crippen molar-refractivity contribution in [2.45, 2.75) is 19.9 Å². The molecule has 3 aromatic carbocycles. The molecule has 0 aromatic heterocycles. The number of hydrogen-bond acceptors (Lipinski definition) is 6. The molecular formula is C28H30N3O5+. The number of nitrogens with one attached hydrogen (secondary N) is 1. The second-order valence-electron chi connectivity index (χ2n) is 8.73. The summed E-state index contributed by atoms with van der Waals surface area (Å²) in [5, 5.41) is 12.8. The van der Waals surface area contributed by atoms with Gasteiger partial charge >= 0.3 is 12.2 Å². The molecule has 36 heavy (non-hydrogen) atoms. The van der Waals surface area contributed by atoms with Crippen LogP contribution in [0.25, 0.3) is 0 Å². The van der Waals surface area contributed by atoms with Gasteiger partial charge in [-0.05, 0) is 42.3 Å². The van der Waals surface area contributed by atoms with Gasteiger partial charge in [0, 0.05) is 17.3 Å². The summed E-state index contributed by atoms with van der Waals surface area (Å²) in [7, 11) is 3.18. The molecule has 2 amide bonds. The van der Waals surface area contributed by atoms with Crippen molar-refractivity contribution in [3.05, 3.63) is 84.4 Å². The Bertz CT molecular complexity index is 1240. The molecule has 0 aliphatic rings. The van der Waals surface area contributed by atoms with E-state index in [4.69, 9.17) is 14.2 Å². The highest BCUT2D eigenvalue weighted by molar-refractivity contribution is 5.87. The van der Waals surface area contributed by atoms with E-state index in [9.17, 15) is 14.9 Å². The maximum atomic E-state index is 13.7. The van der Waals surface area contributed by atoms with Gasteiger partial charge in [0.15, 0.2) is 0 Å². The predicted molar refractivity (Wildman–Crippen MR) is 138 cm³/mol. The van der Waals surface area contributed by atoms with Gasteiger partial charge in [0.1, 0.15) is 23.3 Å². The van der Waals surface area contributed by atoms with Crippen LogP contribution in [-0.2, 0) is 4.74 Å². The maximum absolute atomic E-state index is 13.7. The first-order valence-electron chi connectivity index (χ1n) is 11.5. The number of para-hydroxylation sites is 1. The van der Waals surface area contributed by atoms with Crippen LogP contribution in [-0.4, -0.2) is 33.0 Å². The van der Waals surface area contributed by atoms with Crippen LogP contribution in [0.5, 0.6) is 11.5 Å². The number of nitrogens with zero attached hydrogens (tertiary/aromatic N) is 2. The molecule has 0 heterocycles. The Hall–Kier alpha value is -4.35. The second-order valence-corrected chi connectivity index (χ2v) is 8.73. The molecule has 8 heteroatoms. The van der Waals surface area contributed by atoms with Crippen molar-refractivity contribution in [3.63, 3.8) is 0 Å². The monoisotopic (exact) mass is 488 g/mol. The molecule has 0 radical (unpaired) electrons. The van der Waals surface area contributed by atoms with Gasteiger partial charge in [-0.1, -0.05) is 50.2 Å². The molecule has 3 rings (SSSR count). The van der Waals surface area contributed by atoms with E-state index in [0.717, 1.165) is 0 Å². The highest BCUT2D eigenvalue weighted by Gasteiger charge is 2.46. The summed E-state index contributed by atoms with van der Waals surface area (Å²) in [5.41, 5.74) is 1.58. The zero-order chi connectivity index (χ0) is 26.1. The zero-order valence-corrected chi connectivity index (χ0v) is 20.8. The minimum Gasteiger partial charge on any atom is -0.497 e. The molecule has 0 saturated carbocycles. The Balaban J connectivity index is 1.92. The first kappa shape index (κ1) is 26.3. The smallest absolute Gasteiger partial charge is 0.497 e. The number of nitriles is 1. The van der Waals surface area contributed by atoms with Gasteiger partial charge < -0.3 is 14.2 Å². The SMILES string of the molecule is COc1cccc(C(C#N)[N+](C)(C(=O)Oc2cccc(NC(=O)OCC(C)C)c2)c2ccccc2)c1. The van der Waals surface area contributed by atoms with Crippen LogP contribution in [0.15, 0.2) is 78.9 Å². The van der Waals surface area contributed by atoms with Crippen molar-refractivity contribution >= 4 is 23.6 Å². The fourth-order valence-electron chi connectivity index (χ4n) is 3.63. The van der Waals surface area contributed by atoms with Crippen LogP contribution in [0.3, 0.4) is 0 Å². The zero-order valence-electron chi connectivity index (χ0n) is 20.8. The molecular weight excluding hydrogens is 458 g/mol. The molecule has 0 aliphatic carbocycles. The number of hydrogen-bond donors (Lipinski definition) is 1. The normalized spacial score (nSPS) is 13.1. The molecule has 1 N–H and O–H groups in total. The van der Waals surface area contributed by atoms with Crippen LogP contribution in [0.1, 0.15) is 25.5 Å². The molecule has 0 bridgehead atoms. The standard InChI is InChI=1S/C28H29N3O5/c1-20(2)19-35-27(32)30-22-11-9-15-25(17-22)36-28(33)31(3,23-12-6-5-7-13-23)26(18-29)21-10-8-14-24(16-21)34-4/h5-17,20,26H,19H2,1-4H3/p+1. The van der Waals surface area contributed by atoms with Crippen molar-refractivity contribution < 1.29 is 23.8 Å². The number of quaternary nitrogens is 1. The molecule has 2 unspecified atom stereocenters. The van der Waals surface area contributed by atoms with Gasteiger partial charge in [-0.15, -0.1) is 0 Å². The highest BCUT2D eigenvalue weighted by atomic mass is 16.6. The van der Waals surface area contributed by atoms with Crippen molar-refractivity contribution in [3.8, 4) is 17.6 Å². The Labute approximate surface area is 211 Å². The number of benzene rings is 3. The van der Waals surface area contributed by atoms with Crippen LogP contribution in [0.4, 0.5) is 21.0 Å². The summed E-state index contributed by atoms with van der Waals surface area (Å²) in [6.07, 6.45) is -1.27. The third kappa shape index (κ3) is 6.20. The summed E-state index contributed by atoms with van der Waals surface area (Å²) < 4.78 is 15.8. The van der Waals surface area contributed by atoms with Gasteiger partial charge in [-0.3, -0.25) is 5.32 Å². The van der Waals surface area contributed by atoms with E-state index in [1.54, 1.807) is 80.9 Å². The van der Waals surface area contributed by atoms with E-state index in [0.29, 0.717) is 22.7 Å². The van der Waals surface area contributed by atoms with Crippen LogP contribution in [0.2, 0.25) is 0 Å². The topological polar surface area (TPSA) is 97.6 Å². The molecule has 3 aromatic rings. The molecule has 186 valence electrons. The average Bonchev–Trinajstić information content (AvgIpc) is 2.88. The fraction of sp³-hybridized carbons (Fsp3) is 0.250. The number of rotatable bonds is 8. The molecule has 8 nitrogen and oxygen atoms in total. The quantitative estimate of drug-likeness (QED) is 0.374. The summed E-state index contributed by atoms with van der Waals surface area (Å²) in [4.78, 5) is 25.8. The molecule has 0 fully saturated rings. The number of methoxy groups -OCH3 is 1. The van der Waals surface area contributed by atoms with E-state index in [2.05, 4.69) is 11.4 Å². The lowest BCUT2D eigenvalue weighted by Gasteiger charge is -2.33. The van der Waals surface area contributed by atoms with Crippen molar-refractivity contribution in [2.75, 3.05) is 26.1 Å². The Morgan fingerprint density at radius 2 is 1.67 bits per heavy atom. The minimum atomic E-state index is -0.928. The van der Waals surface area contributed by atoms with Crippen LogP contribution < -0.4 is 19.3 Å². The van der Waals surface area contributed by atoms with E-state index < -0.39 is 22.7 Å².